The van der Waals surface area contributed by atoms with Crippen molar-refractivity contribution in [3.8, 4) is 6.07 Å². The number of nitrogens with one attached hydrogen (secondary N) is 1. The Hall–Kier alpha value is -4.06. The Labute approximate surface area is 148 Å². The first-order valence-corrected chi connectivity index (χ1v) is 7.23. The summed E-state index contributed by atoms with van der Waals surface area (Å²) in [5, 5.41) is 37.3. The Morgan fingerprint density at radius 2 is 1.92 bits per heavy atom. The zero-order chi connectivity index (χ0) is 19.1. The molecule has 0 radical (unpaired) electrons. The van der Waals surface area contributed by atoms with Gasteiger partial charge in [0.2, 0.25) is 0 Å². The topological polar surface area (TPSA) is 148 Å². The largest absolute Gasteiger partial charge is 0.510 e. The molecule has 2 aromatic rings. The summed E-state index contributed by atoms with van der Waals surface area (Å²) in [4.78, 5) is 27.3. The normalized spacial score (nSPS) is 11.5. The number of hydrogen-bond donors (Lipinski definition) is 3. The van der Waals surface area contributed by atoms with Crippen LogP contribution in [0.1, 0.15) is 22.8 Å². The van der Waals surface area contributed by atoms with Crippen LogP contribution in [0.25, 0.3) is 0 Å². The highest BCUT2D eigenvalue weighted by Gasteiger charge is 2.15. The Morgan fingerprint density at radius 1 is 1.19 bits per heavy atom. The van der Waals surface area contributed by atoms with Crippen LogP contribution >= 0.6 is 0 Å². The number of nitriles is 1. The van der Waals surface area contributed by atoms with E-state index in [-0.39, 0.29) is 17.1 Å². The van der Waals surface area contributed by atoms with E-state index in [1.165, 1.54) is 43.5 Å². The number of aromatic carboxylic acids is 1. The molecule has 3 N–H and O–H groups in total. The van der Waals surface area contributed by atoms with Gasteiger partial charge in [-0.3, -0.25) is 4.79 Å². The third kappa shape index (κ3) is 4.48. The molecule has 1 heterocycles. The highest BCUT2D eigenvalue weighted by atomic mass is 16.4. The Morgan fingerprint density at radius 3 is 2.50 bits per heavy atom. The fourth-order valence-electron chi connectivity index (χ4n) is 1.84. The highest BCUT2D eigenvalue weighted by molar-refractivity contribution is 6.03. The SMILES string of the molecule is C/C(O)=C(\N=Nc1ccccc1C(=O)O)C(=O)Nc1ccc(C#N)cn1. The second-order valence-corrected chi connectivity index (χ2v) is 4.95. The van der Waals surface area contributed by atoms with Crippen molar-refractivity contribution in [1.82, 2.24) is 4.98 Å². The van der Waals surface area contributed by atoms with Gasteiger partial charge in [-0.05, 0) is 31.2 Å². The second-order valence-electron chi connectivity index (χ2n) is 4.95. The zero-order valence-electron chi connectivity index (χ0n) is 13.5. The van der Waals surface area contributed by atoms with Crippen LogP contribution in [0.3, 0.4) is 0 Å². The summed E-state index contributed by atoms with van der Waals surface area (Å²) in [5.41, 5.74) is -0.151. The first kappa shape index (κ1) is 18.3. The van der Waals surface area contributed by atoms with Crippen molar-refractivity contribution in [2.75, 3.05) is 5.32 Å². The lowest BCUT2D eigenvalue weighted by Crippen LogP contribution is -2.15. The molecular formula is C17H13N5O4. The number of aliphatic hydroxyl groups excluding tert-OH is 1. The first-order chi connectivity index (χ1) is 12.4. The molecule has 0 saturated carbocycles. The predicted octanol–water partition coefficient (Wildman–Crippen LogP) is 3.16. The fraction of sp³-hybridized carbons (Fsp3) is 0.0588. The number of nitrogens with zero attached hydrogens (tertiary/aromatic N) is 4. The average molecular weight is 351 g/mol. The Bertz CT molecular complexity index is 938. The molecule has 0 fully saturated rings. The lowest BCUT2D eigenvalue weighted by atomic mass is 10.2. The number of carbonyl (C=O) groups is 2. The summed E-state index contributed by atoms with van der Waals surface area (Å²) in [6.45, 7) is 1.24. The van der Waals surface area contributed by atoms with Crippen LogP contribution in [0.5, 0.6) is 0 Å². The van der Waals surface area contributed by atoms with E-state index in [0.717, 1.165) is 0 Å². The van der Waals surface area contributed by atoms with Crippen molar-refractivity contribution < 1.29 is 19.8 Å². The monoisotopic (exact) mass is 351 g/mol. The molecule has 0 spiro atoms. The van der Waals surface area contributed by atoms with Crippen molar-refractivity contribution in [3.05, 3.63) is 65.2 Å². The van der Waals surface area contributed by atoms with Crippen LogP contribution in [0.4, 0.5) is 11.5 Å². The number of aromatic nitrogens is 1. The molecule has 130 valence electrons. The van der Waals surface area contributed by atoms with E-state index in [4.69, 9.17) is 10.4 Å². The van der Waals surface area contributed by atoms with E-state index in [0.29, 0.717) is 5.56 Å². The van der Waals surface area contributed by atoms with Gasteiger partial charge in [0, 0.05) is 6.20 Å². The molecule has 9 nitrogen and oxygen atoms in total. The summed E-state index contributed by atoms with van der Waals surface area (Å²) >= 11 is 0. The van der Waals surface area contributed by atoms with Gasteiger partial charge in [-0.2, -0.15) is 5.26 Å². The van der Waals surface area contributed by atoms with Crippen LogP contribution in [0, 0.1) is 11.3 Å². The van der Waals surface area contributed by atoms with Crippen molar-refractivity contribution in [2.24, 2.45) is 10.2 Å². The number of carboxylic acids is 1. The summed E-state index contributed by atoms with van der Waals surface area (Å²) in [6, 6.07) is 10.6. The fourth-order valence-corrected chi connectivity index (χ4v) is 1.84. The van der Waals surface area contributed by atoms with Crippen LogP contribution in [0.15, 0.2) is 64.3 Å². The third-order valence-corrected chi connectivity index (χ3v) is 3.08. The molecule has 1 aromatic carbocycles. The molecule has 1 aromatic heterocycles. The Balaban J connectivity index is 2.24. The van der Waals surface area contributed by atoms with E-state index in [1.54, 1.807) is 6.07 Å². The van der Waals surface area contributed by atoms with Gasteiger partial charge in [0.25, 0.3) is 5.91 Å². The molecule has 0 bridgehead atoms. The third-order valence-electron chi connectivity index (χ3n) is 3.08. The molecule has 26 heavy (non-hydrogen) atoms. The quantitative estimate of drug-likeness (QED) is 0.428. The minimum absolute atomic E-state index is 0.0306. The number of aliphatic hydroxyl groups is 1. The predicted molar refractivity (Wildman–Crippen MR) is 90.8 cm³/mol. The molecule has 0 unspecified atom stereocenters. The van der Waals surface area contributed by atoms with Crippen LogP contribution in [-0.2, 0) is 4.79 Å². The van der Waals surface area contributed by atoms with Crippen LogP contribution < -0.4 is 5.32 Å². The molecule has 2 rings (SSSR count). The highest BCUT2D eigenvalue weighted by Crippen LogP contribution is 2.21. The number of allylic oxidation sites excluding steroid dienone is 1. The van der Waals surface area contributed by atoms with E-state index in [9.17, 15) is 14.7 Å². The second kappa shape index (κ2) is 8.16. The summed E-state index contributed by atoms with van der Waals surface area (Å²) in [5.74, 6) is -2.25. The number of azo groups is 1. The molecule has 0 aliphatic rings. The van der Waals surface area contributed by atoms with Crippen LogP contribution in [0.2, 0.25) is 0 Å². The van der Waals surface area contributed by atoms with Gasteiger partial charge in [-0.15, -0.1) is 10.2 Å². The number of anilines is 1. The molecule has 9 heteroatoms. The Kier molecular flexibility index (Phi) is 5.74. The van der Waals surface area contributed by atoms with Gasteiger partial charge >= 0.3 is 5.97 Å². The summed E-state index contributed by atoms with van der Waals surface area (Å²) in [6.07, 6.45) is 1.27. The maximum Gasteiger partial charge on any atom is 0.337 e. The van der Waals surface area contributed by atoms with Crippen molar-refractivity contribution in [1.29, 1.82) is 5.26 Å². The number of amides is 1. The van der Waals surface area contributed by atoms with Crippen LogP contribution in [-0.4, -0.2) is 27.1 Å². The molecule has 0 aliphatic heterocycles. The molecule has 0 atom stereocenters. The number of hydrogen-bond acceptors (Lipinski definition) is 7. The number of rotatable bonds is 5. The number of benzene rings is 1. The van der Waals surface area contributed by atoms with Gasteiger partial charge in [0.1, 0.15) is 23.3 Å². The average Bonchev–Trinajstić information content (AvgIpc) is 2.62. The molecule has 0 saturated heterocycles. The van der Waals surface area contributed by atoms with Crippen molar-refractivity contribution in [2.45, 2.75) is 6.92 Å². The molecule has 1 amide bonds. The van der Waals surface area contributed by atoms with Gasteiger partial charge < -0.3 is 15.5 Å². The van der Waals surface area contributed by atoms with E-state index >= 15 is 0 Å². The van der Waals surface area contributed by atoms with Gasteiger partial charge in [-0.25, -0.2) is 9.78 Å². The van der Waals surface area contributed by atoms with E-state index in [1.807, 2.05) is 6.07 Å². The first-order valence-electron chi connectivity index (χ1n) is 7.23. The lowest BCUT2D eigenvalue weighted by molar-refractivity contribution is -0.113. The smallest absolute Gasteiger partial charge is 0.337 e. The minimum Gasteiger partial charge on any atom is -0.510 e. The maximum atomic E-state index is 12.2. The van der Waals surface area contributed by atoms with Gasteiger partial charge in [-0.1, -0.05) is 12.1 Å². The van der Waals surface area contributed by atoms with Gasteiger partial charge in [0.05, 0.1) is 11.1 Å². The summed E-state index contributed by atoms with van der Waals surface area (Å²) < 4.78 is 0. The van der Waals surface area contributed by atoms with E-state index < -0.39 is 23.3 Å². The lowest BCUT2D eigenvalue weighted by Gasteiger charge is -2.05. The number of pyridine rings is 1. The van der Waals surface area contributed by atoms with Crippen molar-refractivity contribution in [3.63, 3.8) is 0 Å². The minimum atomic E-state index is -1.20. The zero-order valence-corrected chi connectivity index (χ0v) is 13.5. The van der Waals surface area contributed by atoms with Crippen molar-refractivity contribution >= 4 is 23.4 Å². The standard InChI is InChI=1S/C17H13N5O4/c1-10(23)15(16(24)20-14-7-6-11(8-18)9-19-14)22-21-13-5-3-2-4-12(13)17(25)26/h2-7,9,23H,1H3,(H,25,26)(H,19,20,24)/b15-10+,22-21?. The molecule has 0 aliphatic carbocycles. The van der Waals surface area contributed by atoms with E-state index in [2.05, 4.69) is 20.5 Å². The van der Waals surface area contributed by atoms with Gasteiger partial charge in [0.15, 0.2) is 5.70 Å². The maximum absolute atomic E-state index is 12.2. The molecular weight excluding hydrogens is 338 g/mol. The number of carbonyl (C=O) groups excluding carboxylic acids is 1. The summed E-state index contributed by atoms with van der Waals surface area (Å²) in [7, 11) is 0. The number of carboxylic acid groups (broad SMARTS) is 1.